The minimum atomic E-state index is -0.908. The van der Waals surface area contributed by atoms with Gasteiger partial charge in [0.2, 0.25) is 0 Å². The fourth-order valence-electron chi connectivity index (χ4n) is 2.17. The number of nitrogens with one attached hydrogen (secondary N) is 1. The Morgan fingerprint density at radius 2 is 1.90 bits per heavy atom. The summed E-state index contributed by atoms with van der Waals surface area (Å²) >= 11 is 0. The van der Waals surface area contributed by atoms with Crippen molar-refractivity contribution in [2.24, 2.45) is 5.84 Å². The molecule has 0 aliphatic rings. The van der Waals surface area contributed by atoms with E-state index < -0.39 is 23.5 Å². The highest BCUT2D eigenvalue weighted by molar-refractivity contribution is 5.31. The molecule has 1 unspecified atom stereocenters. The van der Waals surface area contributed by atoms with Gasteiger partial charge in [-0.05, 0) is 48.2 Å². The van der Waals surface area contributed by atoms with Crippen LogP contribution in [0.5, 0.6) is 0 Å². The Labute approximate surface area is 115 Å². The largest absolute Gasteiger partial charge is 0.271 e. The molecule has 2 aromatic rings. The minimum absolute atomic E-state index is 0.129. The molecule has 0 aromatic heterocycles. The maximum Gasteiger partial charge on any atom is 0.162 e. The van der Waals surface area contributed by atoms with Gasteiger partial charge in [-0.25, -0.2) is 13.2 Å². The highest BCUT2D eigenvalue weighted by Crippen LogP contribution is 2.24. The highest BCUT2D eigenvalue weighted by atomic mass is 19.2. The van der Waals surface area contributed by atoms with Crippen LogP contribution in [0.1, 0.15) is 22.7 Å². The van der Waals surface area contributed by atoms with Gasteiger partial charge >= 0.3 is 0 Å². The average molecular weight is 280 g/mol. The maximum absolute atomic E-state index is 13.7. The first-order chi connectivity index (χ1) is 9.52. The number of nitrogens with two attached hydrogens (primary N) is 1. The molecule has 0 amide bonds. The summed E-state index contributed by atoms with van der Waals surface area (Å²) in [7, 11) is 0. The van der Waals surface area contributed by atoms with Crippen molar-refractivity contribution < 1.29 is 13.2 Å². The molecular weight excluding hydrogens is 265 g/mol. The molecule has 2 rings (SSSR count). The van der Waals surface area contributed by atoms with E-state index in [1.165, 1.54) is 24.3 Å². The van der Waals surface area contributed by atoms with Crippen LogP contribution in [0.25, 0.3) is 0 Å². The SMILES string of the molecule is Cc1ccc(F)cc1C(Cc1cccc(F)c1F)NN. The Morgan fingerprint density at radius 1 is 1.15 bits per heavy atom. The molecule has 0 aliphatic carbocycles. The summed E-state index contributed by atoms with van der Waals surface area (Å²) in [5.41, 5.74) is 4.16. The third-order valence-electron chi connectivity index (χ3n) is 3.27. The lowest BCUT2D eigenvalue weighted by molar-refractivity contribution is 0.480. The summed E-state index contributed by atoms with van der Waals surface area (Å²) in [5, 5.41) is 0. The van der Waals surface area contributed by atoms with Crippen LogP contribution in [-0.4, -0.2) is 0 Å². The van der Waals surface area contributed by atoms with Gasteiger partial charge in [-0.2, -0.15) is 0 Å². The Balaban J connectivity index is 2.34. The monoisotopic (exact) mass is 280 g/mol. The molecule has 0 heterocycles. The predicted molar refractivity (Wildman–Crippen MR) is 71.3 cm³/mol. The number of aryl methyl sites for hydroxylation is 1. The Hall–Kier alpha value is -1.85. The fraction of sp³-hybridized carbons (Fsp3) is 0.200. The molecule has 106 valence electrons. The van der Waals surface area contributed by atoms with Gasteiger partial charge in [-0.15, -0.1) is 0 Å². The van der Waals surface area contributed by atoms with E-state index in [0.29, 0.717) is 5.56 Å². The van der Waals surface area contributed by atoms with Crippen molar-refractivity contribution in [1.29, 1.82) is 0 Å². The van der Waals surface area contributed by atoms with Crippen molar-refractivity contribution in [2.75, 3.05) is 0 Å². The maximum atomic E-state index is 13.7. The van der Waals surface area contributed by atoms with Crippen molar-refractivity contribution in [2.45, 2.75) is 19.4 Å². The molecule has 0 aliphatic heterocycles. The van der Waals surface area contributed by atoms with Crippen LogP contribution in [-0.2, 0) is 6.42 Å². The van der Waals surface area contributed by atoms with E-state index in [-0.39, 0.29) is 12.0 Å². The number of hydrogen-bond donors (Lipinski definition) is 2. The molecule has 0 fully saturated rings. The standard InChI is InChI=1S/C15H15F3N2/c1-9-5-6-11(16)8-12(9)14(20-19)7-10-3-2-4-13(17)15(10)18/h2-6,8,14,20H,7,19H2,1H3. The van der Waals surface area contributed by atoms with Gasteiger partial charge in [0.05, 0.1) is 6.04 Å². The van der Waals surface area contributed by atoms with E-state index in [1.807, 2.05) is 0 Å². The van der Waals surface area contributed by atoms with E-state index >= 15 is 0 Å². The van der Waals surface area contributed by atoms with Crippen LogP contribution in [0.4, 0.5) is 13.2 Å². The number of hydrazine groups is 1. The first kappa shape index (κ1) is 14.6. The predicted octanol–water partition coefficient (Wildman–Crippen LogP) is 3.16. The summed E-state index contributed by atoms with van der Waals surface area (Å²) in [6, 6.07) is 7.78. The van der Waals surface area contributed by atoms with Crippen molar-refractivity contribution in [3.63, 3.8) is 0 Å². The van der Waals surface area contributed by atoms with Gasteiger partial charge in [0, 0.05) is 0 Å². The molecule has 20 heavy (non-hydrogen) atoms. The number of rotatable bonds is 4. The molecule has 1 atom stereocenters. The molecule has 0 radical (unpaired) electrons. The third-order valence-corrected chi connectivity index (χ3v) is 3.27. The van der Waals surface area contributed by atoms with Crippen LogP contribution in [0, 0.1) is 24.4 Å². The van der Waals surface area contributed by atoms with E-state index in [4.69, 9.17) is 5.84 Å². The first-order valence-corrected chi connectivity index (χ1v) is 6.18. The topological polar surface area (TPSA) is 38.0 Å². The van der Waals surface area contributed by atoms with E-state index in [0.717, 1.165) is 11.6 Å². The van der Waals surface area contributed by atoms with Crippen molar-refractivity contribution in [3.05, 3.63) is 70.5 Å². The second kappa shape index (κ2) is 6.07. The average Bonchev–Trinajstić information content (AvgIpc) is 2.43. The lowest BCUT2D eigenvalue weighted by Crippen LogP contribution is -2.30. The van der Waals surface area contributed by atoms with E-state index in [2.05, 4.69) is 5.43 Å². The third kappa shape index (κ3) is 3.00. The second-order valence-electron chi connectivity index (χ2n) is 4.64. The minimum Gasteiger partial charge on any atom is -0.271 e. The molecular formula is C15H15F3N2. The van der Waals surface area contributed by atoms with Crippen LogP contribution in [0.2, 0.25) is 0 Å². The van der Waals surface area contributed by atoms with Crippen molar-refractivity contribution >= 4 is 0 Å². The van der Waals surface area contributed by atoms with Gasteiger partial charge in [0.15, 0.2) is 11.6 Å². The quantitative estimate of drug-likeness (QED) is 0.667. The molecule has 5 heteroatoms. The lowest BCUT2D eigenvalue weighted by Gasteiger charge is -2.19. The number of halogens is 3. The first-order valence-electron chi connectivity index (χ1n) is 6.18. The van der Waals surface area contributed by atoms with Crippen molar-refractivity contribution in [1.82, 2.24) is 5.43 Å². The zero-order valence-electron chi connectivity index (χ0n) is 11.0. The summed E-state index contributed by atoms with van der Waals surface area (Å²) < 4.78 is 40.2. The van der Waals surface area contributed by atoms with Gasteiger partial charge in [0.1, 0.15) is 5.82 Å². The zero-order chi connectivity index (χ0) is 14.7. The molecule has 3 N–H and O–H groups in total. The Bertz CT molecular complexity index is 614. The second-order valence-corrected chi connectivity index (χ2v) is 4.64. The van der Waals surface area contributed by atoms with E-state index in [9.17, 15) is 13.2 Å². The van der Waals surface area contributed by atoms with Gasteiger partial charge in [-0.3, -0.25) is 11.3 Å². The summed E-state index contributed by atoms with van der Waals surface area (Å²) in [4.78, 5) is 0. The van der Waals surface area contributed by atoms with Gasteiger partial charge in [0.25, 0.3) is 0 Å². The van der Waals surface area contributed by atoms with Crippen LogP contribution in [0.15, 0.2) is 36.4 Å². The van der Waals surface area contributed by atoms with Crippen LogP contribution >= 0.6 is 0 Å². The molecule has 0 saturated carbocycles. The number of hydrogen-bond acceptors (Lipinski definition) is 2. The smallest absolute Gasteiger partial charge is 0.162 e. The van der Waals surface area contributed by atoms with Crippen LogP contribution in [0.3, 0.4) is 0 Å². The molecule has 0 spiro atoms. The summed E-state index contributed by atoms with van der Waals surface area (Å²) in [6.07, 6.45) is 0.129. The lowest BCUT2D eigenvalue weighted by atomic mass is 9.95. The molecule has 2 nitrogen and oxygen atoms in total. The Kier molecular flexibility index (Phi) is 4.42. The normalized spacial score (nSPS) is 12.4. The zero-order valence-corrected chi connectivity index (χ0v) is 11.0. The van der Waals surface area contributed by atoms with Gasteiger partial charge in [-0.1, -0.05) is 18.2 Å². The van der Waals surface area contributed by atoms with E-state index in [1.54, 1.807) is 13.0 Å². The number of benzene rings is 2. The Morgan fingerprint density at radius 3 is 2.60 bits per heavy atom. The fourth-order valence-corrected chi connectivity index (χ4v) is 2.17. The molecule has 0 saturated heterocycles. The van der Waals surface area contributed by atoms with Crippen LogP contribution < -0.4 is 11.3 Å². The highest BCUT2D eigenvalue weighted by Gasteiger charge is 2.17. The van der Waals surface area contributed by atoms with Gasteiger partial charge < -0.3 is 0 Å². The summed E-state index contributed by atoms with van der Waals surface area (Å²) in [6.45, 7) is 1.81. The van der Waals surface area contributed by atoms with Crippen molar-refractivity contribution in [3.8, 4) is 0 Å². The summed E-state index contributed by atoms with van der Waals surface area (Å²) in [5.74, 6) is 3.26. The molecule has 2 aromatic carbocycles. The molecule has 0 bridgehead atoms.